The van der Waals surface area contributed by atoms with Crippen LogP contribution in [0, 0.1) is 0 Å². The lowest BCUT2D eigenvalue weighted by Gasteiger charge is -2.19. The molecule has 0 amide bonds. The molecule has 5 nitrogen and oxygen atoms in total. The van der Waals surface area contributed by atoms with Gasteiger partial charge in [-0.15, -0.1) is 0 Å². The Kier molecular flexibility index (Phi) is 6.56. The number of halogens is 1. The number of sulfone groups is 1. The van der Waals surface area contributed by atoms with Gasteiger partial charge in [-0.3, -0.25) is 4.79 Å². The first-order chi connectivity index (χ1) is 15.2. The quantitative estimate of drug-likeness (QED) is 0.105. The molecule has 0 aliphatic carbocycles. The second kappa shape index (κ2) is 9.07. The van der Waals surface area contributed by atoms with Crippen LogP contribution in [-0.4, -0.2) is 31.0 Å². The molecular weight excluding hydrogens is 559 g/mol. The molecule has 1 heterocycles. The topological polar surface area (TPSA) is 69.7 Å². The third-order valence-corrected chi connectivity index (χ3v) is 9.75. The fourth-order valence-corrected chi connectivity index (χ4v) is 8.16. The maximum Gasteiger partial charge on any atom is 0.321 e. The van der Waals surface area contributed by atoms with E-state index < -0.39 is 24.2 Å². The number of hydrogen-bond donors (Lipinski definition) is 0. The van der Waals surface area contributed by atoms with Crippen LogP contribution in [0.2, 0.25) is 0 Å². The second-order valence-electron chi connectivity index (χ2n) is 7.63. The summed E-state index contributed by atoms with van der Waals surface area (Å²) in [4.78, 5) is 15.1. The molecular formula is C24H22IO5S2+. The van der Waals surface area contributed by atoms with Crippen LogP contribution >= 0.6 is 22.6 Å². The molecule has 0 saturated heterocycles. The van der Waals surface area contributed by atoms with E-state index in [2.05, 4.69) is 0 Å². The average Bonchev–Trinajstić information content (AvgIpc) is 2.77. The van der Waals surface area contributed by atoms with Gasteiger partial charge in [-0.1, -0.05) is 46.9 Å². The van der Waals surface area contributed by atoms with Crippen LogP contribution in [0.3, 0.4) is 0 Å². The zero-order chi connectivity index (χ0) is 22.9. The summed E-state index contributed by atoms with van der Waals surface area (Å²) in [7, 11) is -4.08. The molecule has 3 aromatic carbocycles. The lowest BCUT2D eigenvalue weighted by Crippen LogP contribution is -2.28. The van der Waals surface area contributed by atoms with Crippen molar-refractivity contribution >= 4 is 49.3 Å². The van der Waals surface area contributed by atoms with Crippen molar-refractivity contribution < 1.29 is 22.7 Å². The molecule has 0 spiro atoms. The van der Waals surface area contributed by atoms with Crippen molar-refractivity contribution in [3.05, 3.63) is 72.8 Å². The first kappa shape index (κ1) is 23.1. The highest BCUT2D eigenvalue weighted by atomic mass is 127. The summed E-state index contributed by atoms with van der Waals surface area (Å²) in [5, 5.41) is 0. The SMILES string of the molecule is CC(C)(I)C(=O)OCCOc1ccc([S+]2c3ccccc3S(=O)(=O)c3ccccc32)cc1. The van der Waals surface area contributed by atoms with E-state index in [1.165, 1.54) is 0 Å². The van der Waals surface area contributed by atoms with Gasteiger partial charge in [0.1, 0.15) is 43.1 Å². The zero-order valence-electron chi connectivity index (χ0n) is 17.6. The van der Waals surface area contributed by atoms with Crippen molar-refractivity contribution in [2.24, 2.45) is 0 Å². The number of carbonyl (C=O) groups is 1. The molecule has 0 bridgehead atoms. The van der Waals surface area contributed by atoms with Gasteiger partial charge in [-0.25, -0.2) is 8.42 Å². The van der Waals surface area contributed by atoms with Gasteiger partial charge >= 0.3 is 5.97 Å². The third kappa shape index (κ3) is 4.53. The Morgan fingerprint density at radius 1 is 0.875 bits per heavy atom. The smallest absolute Gasteiger partial charge is 0.321 e. The summed E-state index contributed by atoms with van der Waals surface area (Å²) in [5.74, 6) is 0.385. The number of carbonyl (C=O) groups excluding carboxylic acids is 1. The Morgan fingerprint density at radius 3 is 1.94 bits per heavy atom. The van der Waals surface area contributed by atoms with Crippen LogP contribution in [0.1, 0.15) is 13.8 Å². The molecule has 0 aromatic heterocycles. The molecule has 0 fully saturated rings. The highest BCUT2D eigenvalue weighted by Crippen LogP contribution is 2.44. The van der Waals surface area contributed by atoms with E-state index in [9.17, 15) is 13.2 Å². The van der Waals surface area contributed by atoms with E-state index in [-0.39, 0.29) is 19.2 Å². The minimum atomic E-state index is -3.54. The molecule has 0 N–H and O–H groups in total. The first-order valence-corrected chi connectivity index (χ1v) is 13.7. The van der Waals surface area contributed by atoms with E-state index in [4.69, 9.17) is 9.47 Å². The Labute approximate surface area is 204 Å². The minimum Gasteiger partial charge on any atom is -0.490 e. The number of hydrogen-bond acceptors (Lipinski definition) is 5. The van der Waals surface area contributed by atoms with E-state index in [1.54, 1.807) is 38.1 Å². The van der Waals surface area contributed by atoms with Gasteiger partial charge in [0.2, 0.25) is 9.84 Å². The average molecular weight is 581 g/mol. The van der Waals surface area contributed by atoms with Crippen LogP contribution in [0.5, 0.6) is 5.75 Å². The summed E-state index contributed by atoms with van der Waals surface area (Å²) in [6.45, 7) is 4.02. The van der Waals surface area contributed by atoms with Crippen LogP contribution < -0.4 is 4.74 Å². The largest absolute Gasteiger partial charge is 0.490 e. The van der Waals surface area contributed by atoms with Crippen molar-refractivity contribution in [2.75, 3.05) is 13.2 Å². The van der Waals surface area contributed by atoms with Gasteiger partial charge in [0.25, 0.3) is 0 Å². The molecule has 0 unspecified atom stereocenters. The summed E-state index contributed by atoms with van der Waals surface area (Å²) in [6, 6.07) is 22.0. The van der Waals surface area contributed by atoms with Crippen molar-refractivity contribution in [3.63, 3.8) is 0 Å². The van der Waals surface area contributed by atoms with Crippen LogP contribution in [-0.2, 0) is 30.3 Å². The number of fused-ring (bicyclic) bond motifs is 2. The third-order valence-electron chi connectivity index (χ3n) is 4.85. The maximum atomic E-state index is 13.1. The Morgan fingerprint density at radius 2 is 1.41 bits per heavy atom. The molecule has 8 heteroatoms. The standard InChI is InChI=1S/C24H22IO5S2/c1-24(2,25)23(26)30-16-15-29-17-11-13-18(14-12-17)31-19-7-3-5-9-21(19)32(27,28)22-10-6-4-8-20(22)31/h3-14H,15-16H2,1-2H3/q+1. The van der Waals surface area contributed by atoms with Gasteiger partial charge in [-0.05, 0) is 62.4 Å². The number of alkyl halides is 1. The Bertz CT molecular complexity index is 1190. The number of ether oxygens (including phenoxy) is 2. The van der Waals surface area contributed by atoms with Crippen molar-refractivity contribution in [1.29, 1.82) is 0 Å². The fraction of sp³-hybridized carbons (Fsp3) is 0.208. The molecule has 1 aliphatic rings. The number of benzene rings is 3. The van der Waals surface area contributed by atoms with Gasteiger partial charge in [-0.2, -0.15) is 0 Å². The fourth-order valence-electron chi connectivity index (χ4n) is 3.31. The molecule has 0 saturated carbocycles. The van der Waals surface area contributed by atoms with Crippen LogP contribution in [0.25, 0.3) is 0 Å². The van der Waals surface area contributed by atoms with E-state index in [0.717, 1.165) is 14.7 Å². The summed E-state index contributed by atoms with van der Waals surface area (Å²) in [5.41, 5.74) is 0. The highest BCUT2D eigenvalue weighted by molar-refractivity contribution is 14.1. The monoisotopic (exact) mass is 581 g/mol. The van der Waals surface area contributed by atoms with Gasteiger partial charge in [0, 0.05) is 0 Å². The minimum absolute atomic E-state index is 0.177. The van der Waals surface area contributed by atoms with Gasteiger partial charge < -0.3 is 9.47 Å². The molecule has 1 aliphatic heterocycles. The summed E-state index contributed by atoms with van der Waals surface area (Å²) in [6.07, 6.45) is 0. The Balaban J connectivity index is 1.56. The second-order valence-corrected chi connectivity index (χ2v) is 14.2. The van der Waals surface area contributed by atoms with Gasteiger partial charge in [0.05, 0.1) is 0 Å². The van der Waals surface area contributed by atoms with E-state index in [1.807, 2.05) is 71.1 Å². The maximum absolute atomic E-state index is 13.1. The molecule has 3 aromatic rings. The van der Waals surface area contributed by atoms with Crippen LogP contribution in [0.4, 0.5) is 0 Å². The molecule has 166 valence electrons. The predicted octanol–water partition coefficient (Wildman–Crippen LogP) is 5.06. The lowest BCUT2D eigenvalue weighted by molar-refractivity contribution is -0.145. The summed E-state index contributed by atoms with van der Waals surface area (Å²) >= 11 is 2.04. The zero-order valence-corrected chi connectivity index (χ0v) is 21.4. The molecule has 4 rings (SSSR count). The van der Waals surface area contributed by atoms with E-state index >= 15 is 0 Å². The van der Waals surface area contributed by atoms with E-state index in [0.29, 0.717) is 15.5 Å². The molecule has 0 atom stereocenters. The summed E-state index contributed by atoms with van der Waals surface area (Å²) < 4.78 is 36.6. The molecule has 32 heavy (non-hydrogen) atoms. The number of rotatable bonds is 6. The highest BCUT2D eigenvalue weighted by Gasteiger charge is 2.44. The normalized spacial score (nSPS) is 14.8. The number of esters is 1. The van der Waals surface area contributed by atoms with Crippen molar-refractivity contribution in [2.45, 2.75) is 41.7 Å². The Hall–Kier alpha value is -2.04. The van der Waals surface area contributed by atoms with Crippen LogP contribution in [0.15, 0.2) is 97.3 Å². The van der Waals surface area contributed by atoms with Crippen molar-refractivity contribution in [3.8, 4) is 5.75 Å². The van der Waals surface area contributed by atoms with Crippen molar-refractivity contribution in [1.82, 2.24) is 0 Å². The predicted molar refractivity (Wildman–Crippen MR) is 131 cm³/mol. The first-order valence-electron chi connectivity index (χ1n) is 9.96. The lowest BCUT2D eigenvalue weighted by atomic mass is 10.2. The molecule has 0 radical (unpaired) electrons. The van der Waals surface area contributed by atoms with Gasteiger partial charge in [0.15, 0.2) is 14.7 Å².